The number of alkyl halides is 1. The number of rotatable bonds is 6. The van der Waals surface area contributed by atoms with Crippen LogP contribution in [0.5, 0.6) is 0 Å². The van der Waals surface area contributed by atoms with Crippen LogP contribution in [0.15, 0.2) is 61.2 Å². The molecule has 7 rings (SSSR count). The van der Waals surface area contributed by atoms with E-state index in [9.17, 15) is 14.0 Å². The van der Waals surface area contributed by atoms with Crippen LogP contribution >= 0.6 is 0 Å². The van der Waals surface area contributed by atoms with E-state index in [2.05, 4.69) is 15.3 Å². The standard InChI is InChI=1S/C32H31F2N5O2/c1-32(2,34)30-23(4-3-10-36-30)24-13-20(33)6-8-26(24)39-17-25(22-9-11-35-14-27(22)39)29(40)19-15-38(16-19)31(41)28-18-5-7-21(12-18)37-28/h3-4,6,8-11,13-14,17-19,21,28,37H,5,7,12,15-16H2,1-2H3/t18-,21+,28-/m0/s1. The van der Waals surface area contributed by atoms with Crippen LogP contribution in [0.1, 0.15) is 49.2 Å². The zero-order chi connectivity index (χ0) is 28.5. The van der Waals surface area contributed by atoms with Gasteiger partial charge in [-0.25, -0.2) is 8.78 Å². The average molecular weight is 556 g/mol. The molecule has 1 N–H and O–H groups in total. The largest absolute Gasteiger partial charge is 0.340 e. The number of amides is 1. The smallest absolute Gasteiger partial charge is 0.240 e. The number of benzene rings is 1. The van der Waals surface area contributed by atoms with E-state index in [1.165, 1.54) is 32.2 Å². The molecule has 2 saturated heterocycles. The van der Waals surface area contributed by atoms with Crippen LogP contribution in [0.3, 0.4) is 0 Å². The molecule has 0 unspecified atom stereocenters. The highest BCUT2D eigenvalue weighted by molar-refractivity contribution is 6.10. The average Bonchev–Trinajstić information content (AvgIpc) is 3.66. The maximum Gasteiger partial charge on any atom is 0.240 e. The van der Waals surface area contributed by atoms with Gasteiger partial charge < -0.3 is 14.8 Å². The summed E-state index contributed by atoms with van der Waals surface area (Å²) in [5, 5.41) is 4.18. The molecule has 41 heavy (non-hydrogen) atoms. The first-order valence-corrected chi connectivity index (χ1v) is 14.2. The van der Waals surface area contributed by atoms with Crippen molar-refractivity contribution in [2.45, 2.75) is 50.9 Å². The molecule has 1 amide bonds. The molecule has 0 radical (unpaired) electrons. The second-order valence-electron chi connectivity index (χ2n) is 12.1. The monoisotopic (exact) mass is 555 g/mol. The van der Waals surface area contributed by atoms with E-state index in [1.54, 1.807) is 47.8 Å². The Labute approximate surface area is 236 Å². The van der Waals surface area contributed by atoms with Crippen molar-refractivity contribution < 1.29 is 18.4 Å². The lowest BCUT2D eigenvalue weighted by Crippen LogP contribution is -2.59. The summed E-state index contributed by atoms with van der Waals surface area (Å²) in [5.74, 6) is -0.298. The second kappa shape index (κ2) is 9.55. The summed E-state index contributed by atoms with van der Waals surface area (Å²) in [6.07, 6.45) is 9.87. The maximum atomic E-state index is 15.2. The first-order chi connectivity index (χ1) is 19.7. The summed E-state index contributed by atoms with van der Waals surface area (Å²) < 4.78 is 31.6. The Morgan fingerprint density at radius 2 is 1.90 bits per heavy atom. The van der Waals surface area contributed by atoms with Crippen LogP contribution in [-0.4, -0.2) is 56.3 Å². The summed E-state index contributed by atoms with van der Waals surface area (Å²) in [6, 6.07) is 9.87. The molecule has 5 heterocycles. The summed E-state index contributed by atoms with van der Waals surface area (Å²) in [6.45, 7) is 3.64. The second-order valence-corrected chi connectivity index (χ2v) is 12.1. The van der Waals surface area contributed by atoms with Gasteiger partial charge in [-0.1, -0.05) is 6.07 Å². The first-order valence-electron chi connectivity index (χ1n) is 14.2. The fraction of sp³-hybridized carbons (Fsp3) is 0.375. The molecular weight excluding hydrogens is 524 g/mol. The molecule has 3 aromatic heterocycles. The first kappa shape index (κ1) is 26.0. The minimum atomic E-state index is -1.76. The number of hydrogen-bond acceptors (Lipinski definition) is 5. The third kappa shape index (κ3) is 4.34. The van der Waals surface area contributed by atoms with E-state index in [1.807, 2.05) is 4.57 Å². The number of likely N-dealkylation sites (tertiary alicyclic amines) is 1. The number of nitrogens with zero attached hydrogens (tertiary/aromatic N) is 4. The number of piperidine rings is 1. The van der Waals surface area contributed by atoms with Gasteiger partial charge in [-0.3, -0.25) is 19.6 Å². The van der Waals surface area contributed by atoms with E-state index >= 15 is 4.39 Å². The lowest BCUT2D eigenvalue weighted by Gasteiger charge is -2.41. The highest BCUT2D eigenvalue weighted by Crippen LogP contribution is 2.39. The molecule has 2 aliphatic heterocycles. The van der Waals surface area contributed by atoms with Gasteiger partial charge in [-0.05, 0) is 69.4 Å². The number of carbonyl (C=O) groups excluding carboxylic acids is 2. The zero-order valence-electron chi connectivity index (χ0n) is 23.0. The van der Waals surface area contributed by atoms with Crippen molar-refractivity contribution in [3.63, 3.8) is 0 Å². The highest BCUT2D eigenvalue weighted by atomic mass is 19.1. The summed E-state index contributed by atoms with van der Waals surface area (Å²) in [5.41, 5.74) is 1.13. The van der Waals surface area contributed by atoms with Gasteiger partial charge in [0.05, 0.1) is 35.1 Å². The van der Waals surface area contributed by atoms with Crippen LogP contribution in [-0.2, 0) is 10.5 Å². The van der Waals surface area contributed by atoms with E-state index < -0.39 is 11.5 Å². The normalized spacial score (nSPS) is 22.3. The summed E-state index contributed by atoms with van der Waals surface area (Å²) in [4.78, 5) is 37.3. The van der Waals surface area contributed by atoms with Gasteiger partial charge in [0.15, 0.2) is 5.78 Å². The SMILES string of the molecule is CC(C)(F)c1ncccc1-c1cc(F)ccc1-n1cc(C(=O)C2CN(C(=O)[C@H]3N[C@@H]4CC[C@H]3C4)C2)c2ccncc21. The van der Waals surface area contributed by atoms with Gasteiger partial charge in [0.1, 0.15) is 11.5 Å². The van der Waals surface area contributed by atoms with Crippen molar-refractivity contribution in [3.05, 3.63) is 78.3 Å². The Bertz CT molecular complexity index is 1690. The van der Waals surface area contributed by atoms with Gasteiger partial charge in [-0.2, -0.15) is 0 Å². The van der Waals surface area contributed by atoms with E-state index in [0.717, 1.165) is 24.6 Å². The molecule has 0 spiro atoms. The lowest BCUT2D eigenvalue weighted by molar-refractivity contribution is -0.139. The van der Waals surface area contributed by atoms with Gasteiger partial charge in [0.25, 0.3) is 0 Å². The predicted molar refractivity (Wildman–Crippen MR) is 151 cm³/mol. The van der Waals surface area contributed by atoms with Crippen molar-refractivity contribution in [2.75, 3.05) is 13.1 Å². The molecule has 1 saturated carbocycles. The summed E-state index contributed by atoms with van der Waals surface area (Å²) >= 11 is 0. The molecule has 9 heteroatoms. The third-order valence-corrected chi connectivity index (χ3v) is 8.94. The molecule has 2 bridgehead atoms. The minimum absolute atomic E-state index is 0.0412. The quantitative estimate of drug-likeness (QED) is 0.331. The lowest BCUT2D eigenvalue weighted by atomic mass is 9.89. The molecule has 1 aliphatic carbocycles. The Hall–Kier alpha value is -3.98. The Kier molecular flexibility index (Phi) is 6.04. The fourth-order valence-electron chi connectivity index (χ4n) is 6.87. The number of nitrogens with one attached hydrogen (secondary N) is 1. The van der Waals surface area contributed by atoms with E-state index in [-0.39, 0.29) is 29.3 Å². The van der Waals surface area contributed by atoms with Crippen molar-refractivity contribution in [2.24, 2.45) is 11.8 Å². The number of aromatic nitrogens is 3. The fourth-order valence-corrected chi connectivity index (χ4v) is 6.87. The third-order valence-electron chi connectivity index (χ3n) is 8.94. The number of halogens is 2. The number of ketones is 1. The molecule has 210 valence electrons. The Balaban J connectivity index is 1.23. The van der Waals surface area contributed by atoms with E-state index in [4.69, 9.17) is 0 Å². The highest BCUT2D eigenvalue weighted by Gasteiger charge is 2.47. The number of pyridine rings is 2. The van der Waals surface area contributed by atoms with Gasteiger partial charge in [0.2, 0.25) is 5.91 Å². The van der Waals surface area contributed by atoms with Crippen molar-refractivity contribution in [1.82, 2.24) is 24.8 Å². The Morgan fingerprint density at radius 1 is 1.07 bits per heavy atom. The Morgan fingerprint density at radius 3 is 2.63 bits per heavy atom. The predicted octanol–water partition coefficient (Wildman–Crippen LogP) is 5.21. The number of Topliss-reactive ketones (excluding diaryl/α,β-unsaturated/α-hetero) is 1. The molecule has 3 aliphatic rings. The molecular formula is C32H31F2N5O2. The topological polar surface area (TPSA) is 80.1 Å². The van der Waals surface area contributed by atoms with Gasteiger partial charge in [-0.15, -0.1) is 0 Å². The number of carbonyl (C=O) groups is 2. The number of hydrogen-bond donors (Lipinski definition) is 1. The van der Waals surface area contributed by atoms with Crippen LogP contribution in [0.4, 0.5) is 8.78 Å². The maximum absolute atomic E-state index is 15.2. The van der Waals surface area contributed by atoms with Crippen molar-refractivity contribution >= 4 is 22.6 Å². The van der Waals surface area contributed by atoms with Crippen LogP contribution in [0, 0.1) is 17.7 Å². The van der Waals surface area contributed by atoms with E-state index in [0.29, 0.717) is 52.9 Å². The molecule has 3 fully saturated rings. The van der Waals surface area contributed by atoms with Crippen LogP contribution in [0.25, 0.3) is 27.7 Å². The van der Waals surface area contributed by atoms with Gasteiger partial charge >= 0.3 is 0 Å². The molecule has 1 aromatic carbocycles. The number of fused-ring (bicyclic) bond motifs is 3. The zero-order valence-corrected chi connectivity index (χ0v) is 23.0. The van der Waals surface area contributed by atoms with Crippen LogP contribution in [0.2, 0.25) is 0 Å². The molecule has 3 atom stereocenters. The van der Waals surface area contributed by atoms with Gasteiger partial charge in [0, 0.05) is 59.8 Å². The van der Waals surface area contributed by atoms with Crippen molar-refractivity contribution in [1.29, 1.82) is 0 Å². The molecule has 4 aromatic rings. The van der Waals surface area contributed by atoms with Crippen LogP contribution < -0.4 is 5.32 Å². The molecule has 7 nitrogen and oxygen atoms in total. The minimum Gasteiger partial charge on any atom is -0.340 e. The van der Waals surface area contributed by atoms with Crippen molar-refractivity contribution in [3.8, 4) is 16.8 Å². The summed E-state index contributed by atoms with van der Waals surface area (Å²) in [7, 11) is 0.